The lowest BCUT2D eigenvalue weighted by atomic mass is 9.99. The first-order valence-corrected chi connectivity index (χ1v) is 7.97. The molecule has 0 aromatic carbocycles. The Bertz CT molecular complexity index is 520. The van der Waals surface area contributed by atoms with Crippen molar-refractivity contribution in [3.63, 3.8) is 0 Å². The standard InChI is InChI=1S/C10H18N3O8P/c1-10(11)4-13(9(16)12-8(10)15)7-2-5(14)6(21-7)3-20-22(17,18)19/h5-7,14H,2-4,11H2,1H3,(H,12,15,16)(H2,17,18,19)/t5-,6+,7+,10+/m0/s1. The Labute approximate surface area is 125 Å². The van der Waals surface area contributed by atoms with Crippen LogP contribution in [0.2, 0.25) is 0 Å². The number of carbonyl (C=O) groups excluding carboxylic acids is 2. The molecule has 0 aromatic rings. The zero-order chi connectivity index (χ0) is 16.7. The molecule has 126 valence electrons. The quantitative estimate of drug-likeness (QED) is 0.358. The minimum absolute atomic E-state index is 0.00682. The summed E-state index contributed by atoms with van der Waals surface area (Å²) >= 11 is 0. The molecule has 0 bridgehead atoms. The number of ether oxygens (including phenoxy) is 1. The normalized spacial score (nSPS) is 36.6. The second-order valence-corrected chi connectivity index (χ2v) is 6.76. The number of hydrogen-bond acceptors (Lipinski definition) is 7. The molecule has 0 saturated carbocycles. The second-order valence-electron chi connectivity index (χ2n) is 5.52. The Hall–Kier alpha value is -1.07. The molecule has 0 radical (unpaired) electrons. The topological polar surface area (TPSA) is 172 Å². The Morgan fingerprint density at radius 1 is 1.55 bits per heavy atom. The molecular weight excluding hydrogens is 321 g/mol. The highest BCUT2D eigenvalue weighted by atomic mass is 31.2. The Balaban J connectivity index is 2.00. The first kappa shape index (κ1) is 17.3. The van der Waals surface area contributed by atoms with E-state index in [1.165, 1.54) is 6.92 Å². The maximum absolute atomic E-state index is 11.8. The monoisotopic (exact) mass is 339 g/mol. The molecule has 2 saturated heterocycles. The van der Waals surface area contributed by atoms with Crippen molar-refractivity contribution in [3.05, 3.63) is 0 Å². The Morgan fingerprint density at radius 3 is 2.77 bits per heavy atom. The second kappa shape index (κ2) is 5.85. The first-order valence-electron chi connectivity index (χ1n) is 6.44. The maximum atomic E-state index is 11.8. The van der Waals surface area contributed by atoms with Gasteiger partial charge in [0.2, 0.25) is 5.91 Å². The average Bonchev–Trinajstić information content (AvgIpc) is 2.72. The molecule has 12 heteroatoms. The van der Waals surface area contributed by atoms with Crippen LogP contribution < -0.4 is 11.1 Å². The predicted molar refractivity (Wildman–Crippen MR) is 70.1 cm³/mol. The van der Waals surface area contributed by atoms with E-state index in [1.54, 1.807) is 0 Å². The number of hydrogen-bond donors (Lipinski definition) is 5. The van der Waals surface area contributed by atoms with Gasteiger partial charge in [-0.2, -0.15) is 0 Å². The van der Waals surface area contributed by atoms with Gasteiger partial charge in [-0.1, -0.05) is 0 Å². The molecule has 0 spiro atoms. The molecular formula is C10H18N3O8P. The van der Waals surface area contributed by atoms with E-state index in [4.69, 9.17) is 20.3 Å². The van der Waals surface area contributed by atoms with Gasteiger partial charge in [-0.05, 0) is 6.92 Å². The fourth-order valence-electron chi connectivity index (χ4n) is 2.27. The Kier molecular flexibility index (Phi) is 4.60. The summed E-state index contributed by atoms with van der Waals surface area (Å²) in [5, 5.41) is 11.9. The smallest absolute Gasteiger partial charge is 0.390 e. The zero-order valence-electron chi connectivity index (χ0n) is 11.7. The van der Waals surface area contributed by atoms with Crippen molar-refractivity contribution in [1.82, 2.24) is 10.2 Å². The van der Waals surface area contributed by atoms with Gasteiger partial charge in [0, 0.05) is 6.42 Å². The lowest BCUT2D eigenvalue weighted by molar-refractivity contribution is -0.130. The zero-order valence-corrected chi connectivity index (χ0v) is 12.6. The molecule has 3 amide bonds. The van der Waals surface area contributed by atoms with Crippen LogP contribution in [0.5, 0.6) is 0 Å². The average molecular weight is 339 g/mol. The van der Waals surface area contributed by atoms with E-state index in [0.29, 0.717) is 0 Å². The number of amides is 3. The highest BCUT2D eigenvalue weighted by molar-refractivity contribution is 7.46. The summed E-state index contributed by atoms with van der Waals surface area (Å²) in [6, 6.07) is -0.707. The third-order valence-corrected chi connectivity index (χ3v) is 3.94. The number of nitrogens with one attached hydrogen (secondary N) is 1. The van der Waals surface area contributed by atoms with E-state index in [1.807, 2.05) is 0 Å². The van der Waals surface area contributed by atoms with Gasteiger partial charge in [0.05, 0.1) is 19.3 Å². The number of rotatable bonds is 4. The molecule has 0 unspecified atom stereocenters. The van der Waals surface area contributed by atoms with Crippen molar-refractivity contribution in [2.45, 2.75) is 37.3 Å². The minimum atomic E-state index is -4.69. The summed E-state index contributed by atoms with van der Waals surface area (Å²) in [5.41, 5.74) is 4.47. The van der Waals surface area contributed by atoms with Crippen LogP contribution in [0.1, 0.15) is 13.3 Å². The first-order chi connectivity index (χ1) is 9.99. The highest BCUT2D eigenvalue weighted by Crippen LogP contribution is 2.37. The van der Waals surface area contributed by atoms with Gasteiger partial charge in [0.15, 0.2) is 0 Å². The van der Waals surface area contributed by atoms with Crippen LogP contribution in [-0.2, 0) is 18.6 Å². The van der Waals surface area contributed by atoms with E-state index in [9.17, 15) is 19.3 Å². The molecule has 0 aliphatic carbocycles. The van der Waals surface area contributed by atoms with E-state index in [-0.39, 0.29) is 13.0 Å². The van der Waals surface area contributed by atoms with Crippen LogP contribution >= 0.6 is 7.82 Å². The molecule has 2 aliphatic rings. The van der Waals surface area contributed by atoms with E-state index in [2.05, 4.69) is 9.84 Å². The van der Waals surface area contributed by atoms with Crippen molar-refractivity contribution in [3.8, 4) is 0 Å². The number of aliphatic hydroxyl groups excluding tert-OH is 1. The van der Waals surface area contributed by atoms with Gasteiger partial charge in [0.25, 0.3) is 0 Å². The van der Waals surface area contributed by atoms with Crippen molar-refractivity contribution in [2.75, 3.05) is 13.2 Å². The number of phosphoric acid groups is 1. The number of phosphoric ester groups is 1. The van der Waals surface area contributed by atoms with Crippen molar-refractivity contribution < 1.29 is 38.3 Å². The SMILES string of the molecule is C[C@@]1(N)CN([C@H]2C[C@H](O)[C@@H](COP(=O)(O)O)O2)C(=O)NC1=O. The molecule has 11 nitrogen and oxygen atoms in total. The summed E-state index contributed by atoms with van der Waals surface area (Å²) < 4.78 is 20.3. The predicted octanol–water partition coefficient (Wildman–Crippen LogP) is -2.16. The summed E-state index contributed by atoms with van der Waals surface area (Å²) in [5.74, 6) is -0.617. The molecule has 6 N–H and O–H groups in total. The molecule has 22 heavy (non-hydrogen) atoms. The van der Waals surface area contributed by atoms with E-state index < -0.39 is 50.3 Å². The van der Waals surface area contributed by atoms with Gasteiger partial charge >= 0.3 is 13.9 Å². The van der Waals surface area contributed by atoms with Gasteiger partial charge in [-0.15, -0.1) is 0 Å². The lowest BCUT2D eigenvalue weighted by Gasteiger charge is -2.39. The summed E-state index contributed by atoms with van der Waals surface area (Å²) in [7, 11) is -4.69. The molecule has 2 fully saturated rings. The van der Waals surface area contributed by atoms with Crippen LogP contribution in [-0.4, -0.2) is 68.9 Å². The van der Waals surface area contributed by atoms with Crippen molar-refractivity contribution >= 4 is 19.8 Å². The van der Waals surface area contributed by atoms with Crippen LogP contribution in [0, 0.1) is 0 Å². The number of nitrogens with two attached hydrogens (primary N) is 1. The lowest BCUT2D eigenvalue weighted by Crippen LogP contribution is -2.68. The fraction of sp³-hybridized carbons (Fsp3) is 0.800. The molecule has 4 atom stereocenters. The number of imide groups is 1. The van der Waals surface area contributed by atoms with Gasteiger partial charge in [-0.25, -0.2) is 9.36 Å². The molecule has 2 heterocycles. The van der Waals surface area contributed by atoms with Crippen molar-refractivity contribution in [1.29, 1.82) is 0 Å². The minimum Gasteiger partial charge on any atom is -0.390 e. The third kappa shape index (κ3) is 3.82. The maximum Gasteiger partial charge on any atom is 0.469 e. The largest absolute Gasteiger partial charge is 0.469 e. The fourth-order valence-corrected chi connectivity index (χ4v) is 2.61. The van der Waals surface area contributed by atoms with E-state index >= 15 is 0 Å². The summed E-state index contributed by atoms with van der Waals surface area (Å²) in [6.45, 7) is 0.804. The van der Waals surface area contributed by atoms with Crippen LogP contribution in [0.4, 0.5) is 4.79 Å². The van der Waals surface area contributed by atoms with Gasteiger partial charge in [0.1, 0.15) is 17.9 Å². The third-order valence-electron chi connectivity index (χ3n) is 3.46. The van der Waals surface area contributed by atoms with Gasteiger partial charge in [-0.3, -0.25) is 19.5 Å². The molecule has 2 aliphatic heterocycles. The number of aliphatic hydroxyl groups is 1. The summed E-state index contributed by atoms with van der Waals surface area (Å²) in [4.78, 5) is 41.8. The number of nitrogens with zero attached hydrogens (tertiary/aromatic N) is 1. The number of urea groups is 1. The summed E-state index contributed by atoms with van der Waals surface area (Å²) in [6.07, 6.45) is -2.96. The van der Waals surface area contributed by atoms with Crippen LogP contribution in [0.3, 0.4) is 0 Å². The Morgan fingerprint density at radius 2 is 2.18 bits per heavy atom. The molecule has 2 rings (SSSR count). The highest BCUT2D eigenvalue weighted by Gasteiger charge is 2.46. The van der Waals surface area contributed by atoms with Crippen LogP contribution in [0.25, 0.3) is 0 Å². The van der Waals surface area contributed by atoms with E-state index in [0.717, 1.165) is 4.90 Å². The number of carbonyl (C=O) groups is 2. The van der Waals surface area contributed by atoms with Gasteiger partial charge < -0.3 is 25.4 Å². The van der Waals surface area contributed by atoms with Crippen molar-refractivity contribution in [2.24, 2.45) is 5.73 Å². The molecule has 0 aromatic heterocycles. The van der Waals surface area contributed by atoms with Crippen LogP contribution in [0.15, 0.2) is 0 Å².